The highest BCUT2D eigenvalue weighted by Crippen LogP contribution is 2.20. The Morgan fingerprint density at radius 1 is 1.04 bits per heavy atom. The van der Waals surface area contributed by atoms with Gasteiger partial charge in [-0.1, -0.05) is 45.4 Å². The van der Waals surface area contributed by atoms with Gasteiger partial charge in [0.15, 0.2) is 6.23 Å². The molecule has 5 N–H and O–H groups in total. The van der Waals surface area contributed by atoms with Crippen molar-refractivity contribution < 1.29 is 31.3 Å². The lowest BCUT2D eigenvalue weighted by molar-refractivity contribution is -0.236. The number of hydrogen-bond donors (Lipinski definition) is 5. The highest BCUT2D eigenvalue weighted by atomic mass is 16.6. The van der Waals surface area contributed by atoms with Crippen LogP contribution in [0.5, 0.6) is 0 Å². The Balaban J connectivity index is 2.36. The van der Waals surface area contributed by atoms with E-state index in [0.29, 0.717) is 6.42 Å². The molecule has 0 aromatic heterocycles. The van der Waals surface area contributed by atoms with E-state index in [1.807, 2.05) is 0 Å². The van der Waals surface area contributed by atoms with Crippen molar-refractivity contribution in [2.75, 3.05) is 6.61 Å². The van der Waals surface area contributed by atoms with E-state index in [2.05, 4.69) is 12.2 Å². The first-order chi connectivity index (χ1) is 11.4. The molecule has 0 bridgehead atoms. The Kier molecular flexibility index (Phi) is 8.85. The van der Waals surface area contributed by atoms with E-state index >= 15 is 0 Å². The summed E-state index contributed by atoms with van der Waals surface area (Å²) in [5.74, 6) is -0.604. The zero-order chi connectivity index (χ0) is 18.1. The molecule has 0 aliphatic carbocycles. The second-order valence-electron chi connectivity index (χ2n) is 6.02. The van der Waals surface area contributed by atoms with Crippen molar-refractivity contribution in [2.24, 2.45) is 0 Å². The third kappa shape index (κ3) is 6.73. The van der Waals surface area contributed by atoms with Crippen molar-refractivity contribution in [3.63, 3.8) is 0 Å². The van der Waals surface area contributed by atoms with Gasteiger partial charge in [-0.25, -0.2) is 0 Å². The average Bonchev–Trinajstić information content (AvgIpc) is 2.58. The maximum Gasteiger partial charge on any atom is 0.222 e. The summed E-state index contributed by atoms with van der Waals surface area (Å²) in [5, 5.41) is 40.7. The van der Waals surface area contributed by atoms with Gasteiger partial charge in [-0.3, -0.25) is 4.79 Å². The van der Waals surface area contributed by atoms with Crippen LogP contribution in [0.2, 0.25) is 0 Å². The van der Waals surface area contributed by atoms with Crippen LogP contribution in [0.4, 0.5) is 0 Å². The summed E-state index contributed by atoms with van der Waals surface area (Å²) < 4.78 is 13.0. The van der Waals surface area contributed by atoms with Crippen LogP contribution >= 0.6 is 0 Å². The quantitative estimate of drug-likeness (QED) is 0.360. The number of aliphatic hydroxyl groups is 4. The maximum absolute atomic E-state index is 12.0. The van der Waals surface area contributed by atoms with E-state index in [-0.39, 0.29) is 0 Å². The molecular weight excluding hydrogens is 302 g/mol. The van der Waals surface area contributed by atoms with Crippen molar-refractivity contribution in [1.82, 2.24) is 5.32 Å². The second kappa shape index (κ2) is 10.9. The van der Waals surface area contributed by atoms with Crippen LogP contribution in [-0.2, 0) is 9.53 Å². The third-order valence-electron chi connectivity index (χ3n) is 4.06. The summed E-state index contributed by atoms with van der Waals surface area (Å²) in [7, 11) is 0. The van der Waals surface area contributed by atoms with Gasteiger partial charge in [0.25, 0.3) is 0 Å². The molecule has 1 heterocycles. The topological polar surface area (TPSA) is 119 Å². The lowest BCUT2D eigenvalue weighted by atomic mass is 9.98. The molecule has 7 heteroatoms. The number of carbonyl (C=O) groups is 1. The van der Waals surface area contributed by atoms with Crippen LogP contribution in [0.25, 0.3) is 0 Å². The molecule has 136 valence electrons. The predicted molar refractivity (Wildman–Crippen MR) is 84.5 cm³/mol. The highest BCUT2D eigenvalue weighted by molar-refractivity contribution is 5.76. The monoisotopic (exact) mass is 334 g/mol. The number of ether oxygens (including phenoxy) is 1. The standard InChI is InChI=1S/C16H31NO6/c1-2-3-4-5-6-7-8-9-12(19)17-16-15(22)14(21)13(20)11(10-18)23-16/h11,13-16,18,20-22H,2-10H2,1H3,(H,17,19)/t11-,13-,14+,15-,16?/m1/s1/i9D/t9?,11-,13-,14+,15-,16?. The fourth-order valence-electron chi connectivity index (χ4n) is 2.58. The molecule has 0 spiro atoms. The fraction of sp³-hybridized carbons (Fsp3) is 0.938. The number of rotatable bonds is 10. The zero-order valence-corrected chi connectivity index (χ0v) is 13.7. The van der Waals surface area contributed by atoms with Gasteiger partial charge in [0.2, 0.25) is 5.91 Å². The summed E-state index contributed by atoms with van der Waals surface area (Å²) in [5.41, 5.74) is 0. The van der Waals surface area contributed by atoms with Crippen LogP contribution in [0.3, 0.4) is 0 Å². The Morgan fingerprint density at radius 2 is 1.65 bits per heavy atom. The highest BCUT2D eigenvalue weighted by Gasteiger charge is 2.43. The van der Waals surface area contributed by atoms with E-state index in [9.17, 15) is 20.1 Å². The molecule has 1 saturated heterocycles. The minimum Gasteiger partial charge on any atom is -0.394 e. The van der Waals surface area contributed by atoms with E-state index in [1.54, 1.807) is 0 Å². The molecule has 0 radical (unpaired) electrons. The van der Waals surface area contributed by atoms with Crippen LogP contribution < -0.4 is 5.32 Å². The van der Waals surface area contributed by atoms with E-state index in [4.69, 9.17) is 11.2 Å². The summed E-state index contributed by atoms with van der Waals surface area (Å²) in [6.07, 6.45) is -1.05. The van der Waals surface area contributed by atoms with Gasteiger partial charge in [0.1, 0.15) is 24.4 Å². The first-order valence-corrected chi connectivity index (χ1v) is 8.45. The number of hydrogen-bond acceptors (Lipinski definition) is 6. The summed E-state index contributed by atoms with van der Waals surface area (Å²) >= 11 is 0. The first kappa shape index (κ1) is 18.6. The van der Waals surface area contributed by atoms with E-state index < -0.39 is 49.6 Å². The van der Waals surface area contributed by atoms with Crippen molar-refractivity contribution in [1.29, 1.82) is 0 Å². The molecule has 1 rings (SSSR count). The first-order valence-electron chi connectivity index (χ1n) is 9.03. The van der Waals surface area contributed by atoms with E-state index in [1.165, 1.54) is 12.8 Å². The largest absolute Gasteiger partial charge is 0.394 e. The lowest BCUT2D eigenvalue weighted by Crippen LogP contribution is -2.63. The van der Waals surface area contributed by atoms with Crippen molar-refractivity contribution in [3.8, 4) is 0 Å². The minimum absolute atomic E-state index is 0.412. The van der Waals surface area contributed by atoms with E-state index in [0.717, 1.165) is 25.7 Å². The normalized spacial score (nSPS) is 33.1. The smallest absolute Gasteiger partial charge is 0.222 e. The molecule has 1 aliphatic heterocycles. The van der Waals surface area contributed by atoms with Crippen LogP contribution in [0.1, 0.15) is 59.6 Å². The molecule has 0 aromatic rings. The Morgan fingerprint density at radius 3 is 2.26 bits per heavy atom. The van der Waals surface area contributed by atoms with Gasteiger partial charge < -0.3 is 30.5 Å². The molecular formula is C16H31NO6. The number of nitrogens with one attached hydrogen (secondary N) is 1. The molecule has 23 heavy (non-hydrogen) atoms. The number of unbranched alkanes of at least 4 members (excludes halogenated alkanes) is 5. The zero-order valence-electron chi connectivity index (χ0n) is 14.7. The molecule has 1 amide bonds. The third-order valence-corrected chi connectivity index (χ3v) is 4.06. The number of aliphatic hydroxyl groups excluding tert-OH is 4. The van der Waals surface area contributed by atoms with Gasteiger partial charge in [-0.05, 0) is 6.42 Å². The Labute approximate surface area is 139 Å². The number of carbonyl (C=O) groups excluding carboxylic acids is 1. The van der Waals surface area contributed by atoms with Gasteiger partial charge in [0.05, 0.1) is 6.61 Å². The molecule has 0 aromatic carbocycles. The van der Waals surface area contributed by atoms with Gasteiger partial charge in [-0.15, -0.1) is 0 Å². The van der Waals surface area contributed by atoms with Gasteiger partial charge in [0, 0.05) is 7.77 Å². The Bertz CT molecular complexity index is 370. The maximum atomic E-state index is 12.0. The predicted octanol–water partition coefficient (Wildman–Crippen LogP) is 0.0432. The molecule has 1 fully saturated rings. The SMILES string of the molecule is [2H]C(CCCCCCCC)C(=O)NC1O[C@H](CO)[C@@H](O)[C@H](O)[C@H]1O. The van der Waals surface area contributed by atoms with Crippen molar-refractivity contribution >= 4 is 5.91 Å². The van der Waals surface area contributed by atoms with Crippen molar-refractivity contribution in [3.05, 3.63) is 0 Å². The molecule has 6 atom stereocenters. The van der Waals surface area contributed by atoms with Gasteiger partial charge >= 0.3 is 0 Å². The van der Waals surface area contributed by atoms with Crippen molar-refractivity contribution in [2.45, 2.75) is 88.9 Å². The summed E-state index contributed by atoms with van der Waals surface area (Å²) in [6.45, 7) is 1.59. The summed E-state index contributed by atoms with van der Waals surface area (Å²) in [4.78, 5) is 12.0. The van der Waals surface area contributed by atoms with Crippen LogP contribution in [0, 0.1) is 0 Å². The molecule has 1 aliphatic rings. The Hall–Kier alpha value is -0.730. The fourth-order valence-corrected chi connectivity index (χ4v) is 2.58. The number of amides is 1. The molecule has 0 saturated carbocycles. The van der Waals surface area contributed by atoms with Gasteiger partial charge in [-0.2, -0.15) is 0 Å². The molecule has 7 nitrogen and oxygen atoms in total. The van der Waals surface area contributed by atoms with Crippen LogP contribution in [0.15, 0.2) is 0 Å². The van der Waals surface area contributed by atoms with Crippen LogP contribution in [-0.4, -0.2) is 63.6 Å². The lowest BCUT2D eigenvalue weighted by Gasteiger charge is -2.40. The summed E-state index contributed by atoms with van der Waals surface area (Å²) in [6, 6.07) is 0. The average molecular weight is 334 g/mol. The minimum atomic E-state index is -1.54. The molecule has 2 unspecified atom stereocenters. The second-order valence-corrected chi connectivity index (χ2v) is 6.02.